The molecule has 0 aliphatic rings. The van der Waals surface area contributed by atoms with Crippen LogP contribution in [0.4, 0.5) is 0 Å². The first-order valence-electron chi connectivity index (χ1n) is 8.85. The molecule has 1 amide bonds. The van der Waals surface area contributed by atoms with E-state index in [2.05, 4.69) is 17.2 Å². The van der Waals surface area contributed by atoms with Crippen molar-refractivity contribution in [2.45, 2.75) is 6.92 Å². The topological polar surface area (TPSA) is 47.6 Å². The zero-order valence-corrected chi connectivity index (χ0v) is 15.2. The van der Waals surface area contributed by atoms with Crippen LogP contribution in [0.25, 0.3) is 10.8 Å². The van der Waals surface area contributed by atoms with Crippen molar-refractivity contribution in [3.63, 3.8) is 0 Å². The minimum absolute atomic E-state index is 0.165. The number of hydrogen-bond donors (Lipinski definition) is 1. The molecule has 0 aliphatic carbocycles. The second-order valence-electron chi connectivity index (χ2n) is 5.76. The van der Waals surface area contributed by atoms with Crippen molar-refractivity contribution in [1.29, 1.82) is 0 Å². The minimum Gasteiger partial charge on any atom is -0.494 e. The van der Waals surface area contributed by atoms with E-state index in [-0.39, 0.29) is 19.1 Å². The fourth-order valence-corrected chi connectivity index (χ4v) is 2.64. The highest BCUT2D eigenvalue weighted by Gasteiger charge is 2.04. The summed E-state index contributed by atoms with van der Waals surface area (Å²) in [6, 6.07) is 21.0. The van der Waals surface area contributed by atoms with Gasteiger partial charge in [-0.25, -0.2) is 0 Å². The molecule has 1 N–H and O–H groups in total. The van der Waals surface area contributed by atoms with E-state index in [1.807, 2.05) is 49.4 Å². The Labute approximate surface area is 159 Å². The predicted molar refractivity (Wildman–Crippen MR) is 107 cm³/mol. The van der Waals surface area contributed by atoms with Gasteiger partial charge in [0.05, 0.1) is 13.2 Å². The lowest BCUT2D eigenvalue weighted by molar-refractivity contribution is 0.0958. The molecule has 0 aliphatic heterocycles. The van der Waals surface area contributed by atoms with Crippen molar-refractivity contribution in [3.8, 4) is 23.3 Å². The predicted octanol–water partition coefficient (Wildman–Crippen LogP) is 4.05. The van der Waals surface area contributed by atoms with E-state index in [4.69, 9.17) is 9.47 Å². The quantitative estimate of drug-likeness (QED) is 0.676. The van der Waals surface area contributed by atoms with Gasteiger partial charge in [-0.2, -0.15) is 0 Å². The van der Waals surface area contributed by atoms with Crippen LogP contribution in [0.3, 0.4) is 0 Å². The van der Waals surface area contributed by atoms with Crippen molar-refractivity contribution in [2.75, 3.05) is 19.8 Å². The van der Waals surface area contributed by atoms with E-state index in [1.54, 1.807) is 24.3 Å². The molecule has 0 aromatic heterocycles. The number of rotatable bonds is 6. The highest BCUT2D eigenvalue weighted by atomic mass is 16.5. The second kappa shape index (κ2) is 9.30. The van der Waals surface area contributed by atoms with Crippen molar-refractivity contribution in [2.24, 2.45) is 0 Å². The lowest BCUT2D eigenvalue weighted by Gasteiger charge is -2.06. The van der Waals surface area contributed by atoms with Gasteiger partial charge in [0.25, 0.3) is 5.91 Å². The number of nitrogens with one attached hydrogen (secondary N) is 1. The zero-order valence-electron chi connectivity index (χ0n) is 15.2. The fraction of sp³-hybridized carbons (Fsp3) is 0.174. The Bertz CT molecular complexity index is 963. The van der Waals surface area contributed by atoms with E-state index >= 15 is 0 Å². The first-order chi connectivity index (χ1) is 13.3. The van der Waals surface area contributed by atoms with Gasteiger partial charge < -0.3 is 14.8 Å². The van der Waals surface area contributed by atoms with Crippen LogP contribution in [0.5, 0.6) is 11.5 Å². The lowest BCUT2D eigenvalue weighted by Crippen LogP contribution is -2.23. The summed E-state index contributed by atoms with van der Waals surface area (Å²) in [5.74, 6) is 7.22. The molecule has 0 radical (unpaired) electrons. The van der Waals surface area contributed by atoms with E-state index in [1.165, 1.54) is 0 Å². The molecule has 4 heteroatoms. The molecule has 0 heterocycles. The Balaban J connectivity index is 1.47. The molecule has 0 spiro atoms. The summed E-state index contributed by atoms with van der Waals surface area (Å²) < 4.78 is 11.1. The Morgan fingerprint density at radius 2 is 1.70 bits per heavy atom. The second-order valence-corrected chi connectivity index (χ2v) is 5.76. The summed E-state index contributed by atoms with van der Waals surface area (Å²) in [4.78, 5) is 12.1. The molecule has 0 bridgehead atoms. The molecule has 4 nitrogen and oxygen atoms in total. The number of carbonyl (C=O) groups is 1. The maximum absolute atomic E-state index is 12.1. The van der Waals surface area contributed by atoms with Gasteiger partial charge in [0.2, 0.25) is 0 Å². The summed E-state index contributed by atoms with van der Waals surface area (Å²) in [7, 11) is 0. The Morgan fingerprint density at radius 3 is 2.52 bits per heavy atom. The molecule has 27 heavy (non-hydrogen) atoms. The van der Waals surface area contributed by atoms with Crippen molar-refractivity contribution < 1.29 is 14.3 Å². The number of carbonyl (C=O) groups excluding carboxylic acids is 1. The smallest absolute Gasteiger partial charge is 0.252 e. The SMILES string of the molecule is CCOc1ccc(C(=O)NCC#CCOc2cccc3ccccc23)cc1. The molecule has 0 saturated heterocycles. The number of ether oxygens (including phenoxy) is 2. The third-order valence-electron chi connectivity index (χ3n) is 3.94. The maximum Gasteiger partial charge on any atom is 0.252 e. The zero-order chi connectivity index (χ0) is 18.9. The van der Waals surface area contributed by atoms with Crippen molar-refractivity contribution in [3.05, 3.63) is 72.3 Å². The van der Waals surface area contributed by atoms with E-state index in [9.17, 15) is 4.79 Å². The van der Waals surface area contributed by atoms with Crippen LogP contribution in [-0.4, -0.2) is 25.7 Å². The van der Waals surface area contributed by atoms with Crippen LogP contribution < -0.4 is 14.8 Å². The van der Waals surface area contributed by atoms with Gasteiger partial charge in [0, 0.05) is 10.9 Å². The van der Waals surface area contributed by atoms with Crippen LogP contribution in [-0.2, 0) is 0 Å². The molecule has 0 unspecified atom stereocenters. The highest BCUT2D eigenvalue weighted by molar-refractivity contribution is 5.94. The molecule has 0 saturated carbocycles. The van der Waals surface area contributed by atoms with Crippen LogP contribution in [0.2, 0.25) is 0 Å². The average Bonchev–Trinajstić information content (AvgIpc) is 2.71. The summed E-state index contributed by atoms with van der Waals surface area (Å²) in [5.41, 5.74) is 0.576. The molecule has 0 fully saturated rings. The Hall–Kier alpha value is -3.45. The van der Waals surface area contributed by atoms with Gasteiger partial charge in [0.15, 0.2) is 0 Å². The highest BCUT2D eigenvalue weighted by Crippen LogP contribution is 2.24. The average molecular weight is 359 g/mol. The summed E-state index contributed by atoms with van der Waals surface area (Å²) in [6.07, 6.45) is 0. The molecule has 136 valence electrons. The molecule has 3 rings (SSSR count). The van der Waals surface area contributed by atoms with Gasteiger partial charge in [-0.05, 0) is 42.6 Å². The van der Waals surface area contributed by atoms with E-state index < -0.39 is 0 Å². The van der Waals surface area contributed by atoms with Gasteiger partial charge in [-0.1, -0.05) is 48.2 Å². The van der Waals surface area contributed by atoms with Crippen LogP contribution in [0.15, 0.2) is 66.7 Å². The molecule has 3 aromatic carbocycles. The molecular formula is C23H21NO3. The maximum atomic E-state index is 12.1. The standard InChI is InChI=1S/C23H21NO3/c1-2-26-20-14-12-19(13-15-20)23(25)24-16-5-6-17-27-22-11-7-9-18-8-3-4-10-21(18)22/h3-4,7-15H,2,16-17H2,1H3,(H,24,25). The van der Waals surface area contributed by atoms with Gasteiger partial charge in [-0.15, -0.1) is 0 Å². The number of amides is 1. The summed E-state index contributed by atoms with van der Waals surface area (Å²) in [6.45, 7) is 3.06. The summed E-state index contributed by atoms with van der Waals surface area (Å²) in [5, 5.41) is 4.96. The fourth-order valence-electron chi connectivity index (χ4n) is 2.64. The van der Waals surface area contributed by atoms with Gasteiger partial charge in [-0.3, -0.25) is 4.79 Å². The summed E-state index contributed by atoms with van der Waals surface area (Å²) >= 11 is 0. The lowest BCUT2D eigenvalue weighted by atomic mass is 10.1. The third kappa shape index (κ3) is 5.02. The number of benzene rings is 3. The number of fused-ring (bicyclic) bond motifs is 1. The molecular weight excluding hydrogens is 338 g/mol. The monoisotopic (exact) mass is 359 g/mol. The van der Waals surface area contributed by atoms with E-state index in [0.29, 0.717) is 12.2 Å². The normalized spacial score (nSPS) is 9.96. The molecule has 3 aromatic rings. The molecule has 0 atom stereocenters. The van der Waals surface area contributed by atoms with Crippen LogP contribution >= 0.6 is 0 Å². The Morgan fingerprint density at radius 1 is 0.926 bits per heavy atom. The largest absolute Gasteiger partial charge is 0.494 e. The van der Waals surface area contributed by atoms with Crippen LogP contribution in [0, 0.1) is 11.8 Å². The van der Waals surface area contributed by atoms with Crippen molar-refractivity contribution in [1.82, 2.24) is 5.32 Å². The Kier molecular flexibility index (Phi) is 6.32. The minimum atomic E-state index is -0.165. The van der Waals surface area contributed by atoms with Crippen molar-refractivity contribution >= 4 is 16.7 Å². The van der Waals surface area contributed by atoms with E-state index in [0.717, 1.165) is 22.3 Å². The van der Waals surface area contributed by atoms with Gasteiger partial charge >= 0.3 is 0 Å². The van der Waals surface area contributed by atoms with Crippen LogP contribution in [0.1, 0.15) is 17.3 Å². The first kappa shape index (κ1) is 18.3. The first-order valence-corrected chi connectivity index (χ1v) is 8.85. The third-order valence-corrected chi connectivity index (χ3v) is 3.94. The van der Waals surface area contributed by atoms with Gasteiger partial charge in [0.1, 0.15) is 18.1 Å². The number of hydrogen-bond acceptors (Lipinski definition) is 3.